The third-order valence-corrected chi connectivity index (χ3v) is 8.31. The van der Waals surface area contributed by atoms with E-state index in [4.69, 9.17) is 0 Å². The van der Waals surface area contributed by atoms with Crippen LogP contribution in [0.3, 0.4) is 0 Å². The van der Waals surface area contributed by atoms with Gasteiger partial charge in [-0.25, -0.2) is 10.3 Å². The van der Waals surface area contributed by atoms with Crippen molar-refractivity contribution in [2.24, 2.45) is 16.9 Å². The number of aromatic nitrogens is 1. The van der Waals surface area contributed by atoms with Crippen LogP contribution in [0.1, 0.15) is 44.1 Å². The van der Waals surface area contributed by atoms with Gasteiger partial charge in [-0.2, -0.15) is 10.4 Å². The predicted octanol–water partition coefficient (Wildman–Crippen LogP) is 3.92. The van der Waals surface area contributed by atoms with E-state index >= 15 is 0 Å². The van der Waals surface area contributed by atoms with Crippen molar-refractivity contribution in [2.45, 2.75) is 11.3 Å². The molecule has 1 aromatic heterocycles. The average Bonchev–Trinajstić information content (AvgIpc) is 3.28. The molecule has 8 rings (SSSR count). The summed E-state index contributed by atoms with van der Waals surface area (Å²) >= 11 is 0. The van der Waals surface area contributed by atoms with E-state index in [0.717, 1.165) is 22.3 Å². The van der Waals surface area contributed by atoms with E-state index in [9.17, 15) is 19.6 Å². The van der Waals surface area contributed by atoms with Crippen LogP contribution in [0.5, 0.6) is 0 Å². The summed E-state index contributed by atoms with van der Waals surface area (Å²) in [5, 5.41) is 14.2. The lowest BCUT2D eigenvalue weighted by Gasteiger charge is -2.52. The number of para-hydroxylation sites is 1. The lowest BCUT2D eigenvalue weighted by atomic mass is 9.47. The van der Waals surface area contributed by atoms with Gasteiger partial charge in [0, 0.05) is 24.5 Å². The van der Waals surface area contributed by atoms with E-state index in [1.54, 1.807) is 48.8 Å². The summed E-state index contributed by atoms with van der Waals surface area (Å²) in [6.07, 6.45) is 4.63. The number of hydrazone groups is 1. The number of amides is 3. The van der Waals surface area contributed by atoms with Crippen molar-refractivity contribution < 1.29 is 14.4 Å². The van der Waals surface area contributed by atoms with Crippen molar-refractivity contribution in [3.63, 3.8) is 0 Å². The Balaban J connectivity index is 1.43. The molecule has 0 spiro atoms. The molecule has 1 aliphatic heterocycles. The molecule has 192 valence electrons. The molecule has 2 heterocycles. The average molecular weight is 524 g/mol. The van der Waals surface area contributed by atoms with Crippen LogP contribution in [0.15, 0.2) is 102 Å². The van der Waals surface area contributed by atoms with Gasteiger partial charge in [0.15, 0.2) is 0 Å². The van der Waals surface area contributed by atoms with E-state index in [-0.39, 0.29) is 23.1 Å². The molecule has 2 bridgehead atoms. The molecular weight excluding hydrogens is 502 g/mol. The Morgan fingerprint density at radius 3 is 2.27 bits per heavy atom. The van der Waals surface area contributed by atoms with Gasteiger partial charge in [-0.05, 0) is 46.5 Å². The largest absolute Gasteiger partial charge is 0.274 e. The summed E-state index contributed by atoms with van der Waals surface area (Å²) in [5.41, 5.74) is 5.97. The molecule has 0 radical (unpaired) electrons. The number of rotatable bonds is 4. The third kappa shape index (κ3) is 3.09. The van der Waals surface area contributed by atoms with Crippen LogP contribution in [0.4, 0.5) is 5.69 Å². The first-order chi connectivity index (χ1) is 19.6. The summed E-state index contributed by atoms with van der Waals surface area (Å²) in [6, 6.07) is 27.6. The van der Waals surface area contributed by atoms with Crippen LogP contribution in [-0.2, 0) is 15.0 Å². The van der Waals surface area contributed by atoms with Gasteiger partial charge in [0.2, 0.25) is 11.8 Å². The number of imide groups is 1. The number of hydrogen-bond acceptors (Lipinski definition) is 6. The molecule has 4 aromatic rings. The van der Waals surface area contributed by atoms with Gasteiger partial charge in [-0.15, -0.1) is 0 Å². The van der Waals surface area contributed by atoms with Crippen molar-refractivity contribution >= 4 is 29.6 Å². The lowest BCUT2D eigenvalue weighted by molar-refractivity contribution is -0.122. The summed E-state index contributed by atoms with van der Waals surface area (Å²) in [6.45, 7) is 0. The summed E-state index contributed by atoms with van der Waals surface area (Å²) in [5.74, 6) is -3.04. The molecule has 3 amide bonds. The van der Waals surface area contributed by atoms with Crippen molar-refractivity contribution in [3.8, 4) is 6.07 Å². The number of carbonyl (C=O) groups excluding carboxylic acids is 3. The second-order valence-corrected chi connectivity index (χ2v) is 10.1. The van der Waals surface area contributed by atoms with Crippen LogP contribution in [0, 0.1) is 23.2 Å². The van der Waals surface area contributed by atoms with Gasteiger partial charge in [-0.3, -0.25) is 19.4 Å². The number of nitrogens with zero attached hydrogens (tertiary/aromatic N) is 4. The van der Waals surface area contributed by atoms with E-state index in [2.05, 4.69) is 21.6 Å². The highest BCUT2D eigenvalue weighted by molar-refractivity contribution is 6.25. The smallest absolute Gasteiger partial charge is 0.272 e. The maximum atomic E-state index is 14.4. The standard InChI is InChI=1S/C32H21N5O3/c33-16-19-8-1-6-14-25(19)37-30(39)27-26-21-10-2-4-12-23(21)32(28(27)31(37)40,24-13-5-3-11-22(24)26)18-35-36-29(38)20-9-7-15-34-17-20/h1-15,17-18,26-28H,(H,36,38). The Labute approximate surface area is 229 Å². The molecule has 8 nitrogen and oxygen atoms in total. The van der Waals surface area contributed by atoms with Crippen LogP contribution in [-0.4, -0.2) is 28.9 Å². The molecule has 3 aliphatic carbocycles. The molecule has 0 saturated carbocycles. The van der Waals surface area contributed by atoms with Crippen LogP contribution in [0.2, 0.25) is 0 Å². The number of hydrogen-bond donors (Lipinski definition) is 1. The topological polar surface area (TPSA) is 116 Å². The number of nitriles is 1. The zero-order valence-electron chi connectivity index (χ0n) is 21.1. The molecule has 4 aliphatic rings. The highest BCUT2D eigenvalue weighted by Crippen LogP contribution is 2.63. The number of benzene rings is 3. The Bertz CT molecular complexity index is 1740. The Morgan fingerprint density at radius 2 is 1.60 bits per heavy atom. The van der Waals surface area contributed by atoms with Gasteiger partial charge >= 0.3 is 0 Å². The molecule has 2 atom stereocenters. The van der Waals surface area contributed by atoms with Gasteiger partial charge in [0.05, 0.1) is 34.1 Å². The van der Waals surface area contributed by atoms with Crippen molar-refractivity contribution in [1.29, 1.82) is 5.26 Å². The molecule has 3 aromatic carbocycles. The van der Waals surface area contributed by atoms with E-state index in [1.165, 1.54) is 11.1 Å². The molecule has 8 heteroatoms. The Hall–Kier alpha value is -5.42. The van der Waals surface area contributed by atoms with Crippen LogP contribution < -0.4 is 10.3 Å². The summed E-state index contributed by atoms with van der Waals surface area (Å²) in [7, 11) is 0. The fourth-order valence-electron chi connectivity index (χ4n) is 6.80. The number of carbonyl (C=O) groups is 3. The first-order valence-electron chi connectivity index (χ1n) is 12.9. The van der Waals surface area contributed by atoms with Gasteiger partial charge < -0.3 is 0 Å². The number of nitrogens with one attached hydrogen (secondary N) is 1. The first kappa shape index (κ1) is 23.7. The zero-order valence-corrected chi connectivity index (χ0v) is 21.1. The Kier molecular flexibility index (Phi) is 5.22. The van der Waals surface area contributed by atoms with Gasteiger partial charge in [0.1, 0.15) is 6.07 Å². The summed E-state index contributed by atoms with van der Waals surface area (Å²) < 4.78 is 0. The van der Waals surface area contributed by atoms with Crippen molar-refractivity contribution in [1.82, 2.24) is 10.4 Å². The lowest BCUT2D eigenvalue weighted by Crippen LogP contribution is -2.54. The quantitative estimate of drug-likeness (QED) is 0.247. The van der Waals surface area contributed by atoms with E-state index in [0.29, 0.717) is 5.56 Å². The van der Waals surface area contributed by atoms with E-state index < -0.39 is 29.1 Å². The molecule has 2 unspecified atom stereocenters. The van der Waals surface area contributed by atoms with E-state index in [1.807, 2.05) is 48.5 Å². The molecule has 1 fully saturated rings. The highest BCUT2D eigenvalue weighted by Gasteiger charge is 2.68. The molecule has 40 heavy (non-hydrogen) atoms. The van der Waals surface area contributed by atoms with Gasteiger partial charge in [0.25, 0.3) is 5.91 Å². The number of pyridine rings is 1. The predicted molar refractivity (Wildman–Crippen MR) is 146 cm³/mol. The molecule has 1 saturated heterocycles. The second-order valence-electron chi connectivity index (χ2n) is 10.1. The fourth-order valence-corrected chi connectivity index (χ4v) is 6.80. The number of anilines is 1. The minimum Gasteiger partial charge on any atom is -0.274 e. The maximum absolute atomic E-state index is 14.4. The minimum absolute atomic E-state index is 0.247. The van der Waals surface area contributed by atoms with Gasteiger partial charge in [-0.1, -0.05) is 60.7 Å². The summed E-state index contributed by atoms with van der Waals surface area (Å²) in [4.78, 5) is 46.6. The monoisotopic (exact) mass is 523 g/mol. The zero-order chi connectivity index (χ0) is 27.4. The Morgan fingerprint density at radius 1 is 0.925 bits per heavy atom. The van der Waals surface area contributed by atoms with Crippen LogP contribution >= 0.6 is 0 Å². The molecule has 1 N–H and O–H groups in total. The minimum atomic E-state index is -1.13. The maximum Gasteiger partial charge on any atom is 0.272 e. The van der Waals surface area contributed by atoms with Crippen molar-refractivity contribution in [3.05, 3.63) is 131 Å². The molecular formula is C32H21N5O3. The normalized spacial score (nSPS) is 23.9. The fraction of sp³-hybridized carbons (Fsp3) is 0.125. The second kappa shape index (κ2) is 8.82. The van der Waals surface area contributed by atoms with Crippen molar-refractivity contribution in [2.75, 3.05) is 4.90 Å². The third-order valence-electron chi connectivity index (χ3n) is 8.31. The SMILES string of the molecule is N#Cc1ccccc1N1C(=O)C2C3c4ccccc4C(C=NNC(=O)c4cccnc4)(c4ccccc43)C2C1=O. The highest BCUT2D eigenvalue weighted by atomic mass is 16.2. The van der Waals surface area contributed by atoms with Crippen LogP contribution in [0.25, 0.3) is 0 Å². The first-order valence-corrected chi connectivity index (χ1v) is 12.9.